The molecule has 4 aliphatic rings. The molecule has 5 heterocycles. The summed E-state index contributed by atoms with van der Waals surface area (Å²) in [6.45, 7) is 4.04. The number of para-hydroxylation sites is 1. The van der Waals surface area contributed by atoms with Crippen molar-refractivity contribution in [2.24, 2.45) is 5.92 Å². The summed E-state index contributed by atoms with van der Waals surface area (Å²) in [4.78, 5) is 17.4. The zero-order valence-electron chi connectivity index (χ0n) is 18.4. The maximum Gasteiger partial charge on any atom is 0.407 e. The molecule has 6 heteroatoms. The fraction of sp³-hybridized carbons (Fsp3) is 0.423. The van der Waals surface area contributed by atoms with E-state index in [9.17, 15) is 4.79 Å². The van der Waals surface area contributed by atoms with Gasteiger partial charge in [-0.05, 0) is 61.5 Å². The number of carbonyl (C=O) groups excluding carboxylic acids is 1. The third-order valence-electron chi connectivity index (χ3n) is 7.51. The number of ether oxygens (including phenoxy) is 1. The van der Waals surface area contributed by atoms with Gasteiger partial charge in [-0.1, -0.05) is 30.3 Å². The Bertz CT molecular complexity index is 1150. The number of anilines is 1. The largest absolute Gasteiger partial charge is 0.464 e. The first-order valence-corrected chi connectivity index (χ1v) is 11.7. The molecule has 2 aromatic carbocycles. The van der Waals surface area contributed by atoms with Gasteiger partial charge in [-0.25, -0.2) is 4.79 Å². The van der Waals surface area contributed by atoms with Crippen molar-refractivity contribution in [3.8, 4) is 11.1 Å². The van der Waals surface area contributed by atoms with Crippen LogP contribution >= 0.6 is 0 Å². The van der Waals surface area contributed by atoms with Gasteiger partial charge < -0.3 is 19.4 Å². The summed E-state index contributed by atoms with van der Waals surface area (Å²) >= 11 is 0. The van der Waals surface area contributed by atoms with Crippen molar-refractivity contribution in [2.75, 3.05) is 38.1 Å². The number of hydrogen-bond donors (Lipinski definition) is 1. The summed E-state index contributed by atoms with van der Waals surface area (Å²) in [6, 6.07) is 14.5. The molecule has 0 saturated carbocycles. The highest BCUT2D eigenvalue weighted by atomic mass is 16.6. The molecule has 7 rings (SSSR count). The van der Waals surface area contributed by atoms with Gasteiger partial charge in [0.1, 0.15) is 11.7 Å². The summed E-state index contributed by atoms with van der Waals surface area (Å²) in [6.07, 6.45) is 4.72. The second kappa shape index (κ2) is 7.85. The first-order valence-electron chi connectivity index (χ1n) is 11.7. The van der Waals surface area contributed by atoms with E-state index < -0.39 is 0 Å². The van der Waals surface area contributed by atoms with Crippen molar-refractivity contribution in [3.05, 3.63) is 54.3 Å². The van der Waals surface area contributed by atoms with Crippen LogP contribution in [-0.2, 0) is 4.74 Å². The van der Waals surface area contributed by atoms with E-state index in [-0.39, 0.29) is 18.2 Å². The van der Waals surface area contributed by atoms with Crippen LogP contribution in [0.15, 0.2) is 53.1 Å². The van der Waals surface area contributed by atoms with E-state index in [1.54, 1.807) is 0 Å². The molecule has 3 fully saturated rings. The second-order valence-corrected chi connectivity index (χ2v) is 9.41. The Hall–Kier alpha value is -2.99. The number of benzene rings is 2. The lowest BCUT2D eigenvalue weighted by molar-refractivity contribution is -0.0340. The summed E-state index contributed by atoms with van der Waals surface area (Å²) in [5, 5.41) is 4.27. The summed E-state index contributed by atoms with van der Waals surface area (Å²) < 4.78 is 11.6. The monoisotopic (exact) mass is 431 g/mol. The van der Waals surface area contributed by atoms with Crippen molar-refractivity contribution in [3.63, 3.8) is 0 Å². The molecule has 166 valence electrons. The summed E-state index contributed by atoms with van der Waals surface area (Å²) in [7, 11) is 2.11. The molecule has 3 aromatic rings. The number of rotatable bonds is 3. The third-order valence-corrected chi connectivity index (χ3v) is 7.51. The minimum absolute atomic E-state index is 0.0278. The first kappa shape index (κ1) is 19.7. The fourth-order valence-corrected chi connectivity index (χ4v) is 5.64. The lowest BCUT2D eigenvalue weighted by Gasteiger charge is -2.44. The average molecular weight is 432 g/mol. The molecule has 32 heavy (non-hydrogen) atoms. The molecule has 0 aliphatic carbocycles. The number of amides is 1. The molecular weight excluding hydrogens is 402 g/mol. The Balaban J connectivity index is 1.22. The van der Waals surface area contributed by atoms with Crippen molar-refractivity contribution < 1.29 is 13.9 Å². The molecule has 1 aromatic heterocycles. The van der Waals surface area contributed by atoms with Gasteiger partial charge in [-0.2, -0.15) is 0 Å². The smallest absolute Gasteiger partial charge is 0.407 e. The number of piperidine rings is 3. The van der Waals surface area contributed by atoms with Gasteiger partial charge in [0.25, 0.3) is 0 Å². The zero-order chi connectivity index (χ0) is 21.7. The lowest BCUT2D eigenvalue weighted by atomic mass is 9.86. The van der Waals surface area contributed by atoms with Crippen molar-refractivity contribution in [1.29, 1.82) is 0 Å². The van der Waals surface area contributed by atoms with Gasteiger partial charge in [0.05, 0.1) is 12.3 Å². The van der Waals surface area contributed by atoms with Gasteiger partial charge in [-0.15, -0.1) is 0 Å². The van der Waals surface area contributed by atoms with E-state index >= 15 is 0 Å². The molecule has 0 radical (unpaired) electrons. The van der Waals surface area contributed by atoms with E-state index in [1.165, 1.54) is 0 Å². The number of furan rings is 1. The van der Waals surface area contributed by atoms with Crippen LogP contribution in [0.25, 0.3) is 22.1 Å². The molecule has 1 N–H and O–H groups in total. The maximum absolute atomic E-state index is 12.8. The second-order valence-electron chi connectivity index (χ2n) is 9.41. The Morgan fingerprint density at radius 3 is 2.75 bits per heavy atom. The van der Waals surface area contributed by atoms with Crippen LogP contribution in [0.2, 0.25) is 0 Å². The number of hydrogen-bond acceptors (Lipinski definition) is 5. The molecule has 6 nitrogen and oxygen atoms in total. The highest BCUT2D eigenvalue weighted by Gasteiger charge is 2.37. The van der Waals surface area contributed by atoms with Crippen molar-refractivity contribution >= 4 is 22.7 Å². The Labute approximate surface area is 188 Å². The SMILES string of the molecule is CN1CCC(NC(=O)O[C@H]2CN3CCC2CC3)c2ccc(-c3coc4ccccc34)cc21. The Kier molecular flexibility index (Phi) is 4.83. The van der Waals surface area contributed by atoms with Gasteiger partial charge in [0.15, 0.2) is 0 Å². The highest BCUT2D eigenvalue weighted by molar-refractivity contribution is 5.94. The van der Waals surface area contributed by atoms with Crippen LogP contribution in [0.4, 0.5) is 10.5 Å². The van der Waals surface area contributed by atoms with Gasteiger partial charge in [0.2, 0.25) is 0 Å². The standard InChI is InChI=1S/C26H29N3O3/c1-28-11-10-22(27-26(30)32-25-15-29-12-8-17(25)9-13-29)20-7-6-18(14-23(20)28)21-16-31-24-5-3-2-4-19(21)24/h2-7,14,16-17,22,25H,8-13,15H2,1H3,(H,27,30)/t22?,25-/m0/s1. The van der Waals surface area contributed by atoms with Crippen LogP contribution in [0.5, 0.6) is 0 Å². The first-order chi connectivity index (χ1) is 15.7. The van der Waals surface area contributed by atoms with E-state index in [0.29, 0.717) is 5.92 Å². The Morgan fingerprint density at radius 2 is 1.94 bits per heavy atom. The number of carbonyl (C=O) groups is 1. The number of fused-ring (bicyclic) bond motifs is 5. The van der Waals surface area contributed by atoms with Gasteiger partial charge >= 0.3 is 6.09 Å². The Morgan fingerprint density at radius 1 is 1.09 bits per heavy atom. The van der Waals surface area contributed by atoms with E-state index in [4.69, 9.17) is 9.15 Å². The van der Waals surface area contributed by atoms with Crippen LogP contribution in [0, 0.1) is 5.92 Å². The molecule has 3 saturated heterocycles. The predicted octanol–water partition coefficient (Wildman–Crippen LogP) is 4.80. The van der Waals surface area contributed by atoms with Crippen LogP contribution in [0.1, 0.15) is 30.9 Å². The topological polar surface area (TPSA) is 58.0 Å². The molecule has 1 amide bonds. The van der Waals surface area contributed by atoms with E-state index in [0.717, 1.165) is 78.8 Å². The quantitative estimate of drug-likeness (QED) is 0.646. The van der Waals surface area contributed by atoms with Crippen LogP contribution < -0.4 is 10.2 Å². The average Bonchev–Trinajstić information content (AvgIpc) is 3.26. The molecular formula is C26H29N3O3. The fourth-order valence-electron chi connectivity index (χ4n) is 5.64. The molecule has 4 aliphatic heterocycles. The zero-order valence-corrected chi connectivity index (χ0v) is 18.4. The number of alkyl carbamates (subject to hydrolysis) is 1. The number of nitrogens with zero attached hydrogens (tertiary/aromatic N) is 2. The van der Waals surface area contributed by atoms with Crippen LogP contribution in [0.3, 0.4) is 0 Å². The van der Waals surface area contributed by atoms with Gasteiger partial charge in [0, 0.05) is 36.8 Å². The van der Waals surface area contributed by atoms with E-state index in [1.807, 2.05) is 24.5 Å². The van der Waals surface area contributed by atoms with Crippen molar-refractivity contribution in [2.45, 2.75) is 31.4 Å². The van der Waals surface area contributed by atoms with Crippen LogP contribution in [-0.4, -0.2) is 50.3 Å². The molecule has 2 bridgehead atoms. The summed E-state index contributed by atoms with van der Waals surface area (Å²) in [5.74, 6) is 0.517. The lowest BCUT2D eigenvalue weighted by Crippen LogP contribution is -2.52. The molecule has 0 spiro atoms. The van der Waals surface area contributed by atoms with Crippen molar-refractivity contribution in [1.82, 2.24) is 10.2 Å². The van der Waals surface area contributed by atoms with Gasteiger partial charge in [-0.3, -0.25) is 4.90 Å². The highest BCUT2D eigenvalue weighted by Crippen LogP contribution is 2.39. The summed E-state index contributed by atoms with van der Waals surface area (Å²) in [5.41, 5.74) is 5.39. The molecule has 1 unspecified atom stereocenters. The predicted molar refractivity (Wildman–Crippen MR) is 125 cm³/mol. The maximum atomic E-state index is 12.8. The number of nitrogens with one attached hydrogen (secondary N) is 1. The minimum Gasteiger partial charge on any atom is -0.464 e. The molecule has 2 atom stereocenters. The normalized spacial score (nSPS) is 26.7. The minimum atomic E-state index is -0.283. The third kappa shape index (κ3) is 3.43. The van der Waals surface area contributed by atoms with E-state index in [2.05, 4.69) is 46.4 Å².